The fourth-order valence-electron chi connectivity index (χ4n) is 2.17. The average Bonchev–Trinajstić information content (AvgIpc) is 3.04. The molecule has 0 radical (unpaired) electrons. The van der Waals surface area contributed by atoms with E-state index in [0.717, 1.165) is 4.47 Å². The molecule has 0 amide bonds. The maximum absolute atomic E-state index is 12.1. The second-order valence-corrected chi connectivity index (χ2v) is 7.98. The van der Waals surface area contributed by atoms with E-state index in [-0.39, 0.29) is 23.7 Å². The van der Waals surface area contributed by atoms with Gasteiger partial charge >= 0.3 is 0 Å². The smallest absolute Gasteiger partial charge is 0.162 e. The number of ether oxygens (including phenoxy) is 3. The van der Waals surface area contributed by atoms with Crippen LogP contribution >= 0.6 is 15.9 Å². The lowest BCUT2D eigenvalue weighted by Gasteiger charge is -2.19. The van der Waals surface area contributed by atoms with Crippen molar-refractivity contribution < 1.29 is 22.6 Å². The van der Waals surface area contributed by atoms with E-state index < -0.39 is 9.84 Å². The van der Waals surface area contributed by atoms with Gasteiger partial charge in [-0.25, -0.2) is 8.42 Å². The maximum atomic E-state index is 12.1. The van der Waals surface area contributed by atoms with E-state index in [2.05, 4.69) is 15.9 Å². The summed E-state index contributed by atoms with van der Waals surface area (Å²) in [5, 5.41) is 0. The van der Waals surface area contributed by atoms with Crippen molar-refractivity contribution in [3.63, 3.8) is 0 Å². The zero-order chi connectivity index (χ0) is 14.3. The highest BCUT2D eigenvalue weighted by Gasteiger charge is 2.38. The Morgan fingerprint density at radius 2 is 1.85 bits per heavy atom. The molecule has 2 atom stereocenters. The summed E-state index contributed by atoms with van der Waals surface area (Å²) in [5.74, 6) is 1.27. The van der Waals surface area contributed by atoms with Gasteiger partial charge in [0.2, 0.25) is 0 Å². The molecule has 7 heteroatoms. The molecule has 1 fully saturated rings. The van der Waals surface area contributed by atoms with Crippen LogP contribution in [0.15, 0.2) is 16.6 Å². The normalized spacial score (nSPS) is 24.5. The lowest BCUT2D eigenvalue weighted by atomic mass is 10.2. The summed E-state index contributed by atoms with van der Waals surface area (Å²) < 4.78 is 41.1. The third-order valence-corrected chi connectivity index (χ3v) is 5.67. The molecule has 2 aliphatic rings. The van der Waals surface area contributed by atoms with Crippen LogP contribution in [0.2, 0.25) is 0 Å². The van der Waals surface area contributed by atoms with Gasteiger partial charge in [0.05, 0.1) is 23.7 Å². The van der Waals surface area contributed by atoms with Crippen molar-refractivity contribution in [2.45, 2.75) is 24.9 Å². The SMILES string of the molecule is CC1OC1CS(=O)(=O)Cc1cc2c(cc1Br)OCCO2. The molecule has 1 saturated heterocycles. The van der Waals surface area contributed by atoms with Crippen molar-refractivity contribution in [2.75, 3.05) is 19.0 Å². The van der Waals surface area contributed by atoms with E-state index in [1.165, 1.54) is 0 Å². The molecule has 0 aliphatic carbocycles. The van der Waals surface area contributed by atoms with Crippen LogP contribution in [0.1, 0.15) is 12.5 Å². The first-order valence-corrected chi connectivity index (χ1v) is 9.00. The number of fused-ring (bicyclic) bond motifs is 1. The van der Waals surface area contributed by atoms with Crippen LogP contribution in [-0.2, 0) is 20.3 Å². The highest BCUT2D eigenvalue weighted by Crippen LogP contribution is 2.36. The van der Waals surface area contributed by atoms with Gasteiger partial charge in [-0.1, -0.05) is 15.9 Å². The average molecular weight is 363 g/mol. The van der Waals surface area contributed by atoms with Crippen molar-refractivity contribution in [3.8, 4) is 11.5 Å². The zero-order valence-electron chi connectivity index (χ0n) is 11.0. The lowest BCUT2D eigenvalue weighted by molar-refractivity contribution is 0.171. The predicted molar refractivity (Wildman–Crippen MR) is 77.0 cm³/mol. The number of hydrogen-bond acceptors (Lipinski definition) is 5. The Balaban J connectivity index is 1.79. The van der Waals surface area contributed by atoms with Crippen molar-refractivity contribution in [3.05, 3.63) is 22.2 Å². The summed E-state index contributed by atoms with van der Waals surface area (Å²) in [6, 6.07) is 3.49. The zero-order valence-corrected chi connectivity index (χ0v) is 13.4. The summed E-state index contributed by atoms with van der Waals surface area (Å²) in [7, 11) is -3.20. The Hall–Kier alpha value is -0.790. The molecule has 5 nitrogen and oxygen atoms in total. The Bertz CT molecular complexity index is 628. The van der Waals surface area contributed by atoms with Crippen molar-refractivity contribution >= 4 is 25.8 Å². The minimum absolute atomic E-state index is 0.0309. The summed E-state index contributed by atoms with van der Waals surface area (Å²) in [6.45, 7) is 2.86. The van der Waals surface area contributed by atoms with Crippen LogP contribution in [0.3, 0.4) is 0 Å². The molecule has 3 rings (SSSR count). The first kappa shape index (κ1) is 14.2. The second-order valence-electron chi connectivity index (χ2n) is 5.02. The molecule has 20 heavy (non-hydrogen) atoms. The van der Waals surface area contributed by atoms with Gasteiger partial charge in [0.15, 0.2) is 21.3 Å². The molecule has 0 saturated carbocycles. The van der Waals surface area contributed by atoms with Gasteiger partial charge in [0.25, 0.3) is 0 Å². The van der Waals surface area contributed by atoms with E-state index in [4.69, 9.17) is 14.2 Å². The highest BCUT2D eigenvalue weighted by atomic mass is 79.9. The molecule has 2 aliphatic heterocycles. The number of hydrogen-bond donors (Lipinski definition) is 0. The molecule has 0 spiro atoms. The third kappa shape index (κ3) is 3.10. The quantitative estimate of drug-likeness (QED) is 0.765. The predicted octanol–water partition coefficient (Wildman–Crippen LogP) is 1.92. The topological polar surface area (TPSA) is 65.1 Å². The van der Waals surface area contributed by atoms with Gasteiger partial charge < -0.3 is 14.2 Å². The Morgan fingerprint density at radius 1 is 1.25 bits per heavy atom. The van der Waals surface area contributed by atoms with Crippen LogP contribution in [0, 0.1) is 0 Å². The van der Waals surface area contributed by atoms with Crippen molar-refractivity contribution in [1.29, 1.82) is 0 Å². The molecule has 110 valence electrons. The molecule has 1 aromatic carbocycles. The van der Waals surface area contributed by atoms with E-state index in [9.17, 15) is 8.42 Å². The van der Waals surface area contributed by atoms with Crippen LogP contribution in [-0.4, -0.2) is 39.6 Å². The number of benzene rings is 1. The van der Waals surface area contributed by atoms with Crippen molar-refractivity contribution in [2.24, 2.45) is 0 Å². The molecule has 0 aromatic heterocycles. The molecule has 2 unspecified atom stereocenters. The molecular formula is C13H15BrO5S. The van der Waals surface area contributed by atoms with E-state index in [1.807, 2.05) is 6.92 Å². The van der Waals surface area contributed by atoms with Crippen LogP contribution in [0.5, 0.6) is 11.5 Å². The molecule has 2 heterocycles. The fourth-order valence-corrected chi connectivity index (χ4v) is 4.50. The number of rotatable bonds is 4. The van der Waals surface area contributed by atoms with E-state index in [1.54, 1.807) is 12.1 Å². The first-order chi connectivity index (χ1) is 9.44. The number of epoxide rings is 1. The molecule has 1 aromatic rings. The summed E-state index contributed by atoms with van der Waals surface area (Å²) in [5.41, 5.74) is 0.683. The lowest BCUT2D eigenvalue weighted by Crippen LogP contribution is -2.17. The summed E-state index contributed by atoms with van der Waals surface area (Å²) in [6.07, 6.45) is -0.107. The minimum Gasteiger partial charge on any atom is -0.486 e. The van der Waals surface area contributed by atoms with Gasteiger partial charge in [0.1, 0.15) is 13.2 Å². The monoisotopic (exact) mass is 362 g/mol. The van der Waals surface area contributed by atoms with Crippen LogP contribution in [0.4, 0.5) is 0 Å². The first-order valence-electron chi connectivity index (χ1n) is 6.38. The minimum atomic E-state index is -3.20. The third-order valence-electron chi connectivity index (χ3n) is 3.34. The summed E-state index contributed by atoms with van der Waals surface area (Å²) >= 11 is 3.39. The second kappa shape index (κ2) is 5.20. The number of sulfone groups is 1. The maximum Gasteiger partial charge on any atom is 0.162 e. The van der Waals surface area contributed by atoms with Gasteiger partial charge in [-0.05, 0) is 24.6 Å². The Morgan fingerprint density at radius 3 is 2.45 bits per heavy atom. The largest absolute Gasteiger partial charge is 0.486 e. The summed E-state index contributed by atoms with van der Waals surface area (Å²) in [4.78, 5) is 0. The molecule has 0 bridgehead atoms. The van der Waals surface area contributed by atoms with Gasteiger partial charge in [-0.2, -0.15) is 0 Å². The standard InChI is InChI=1S/C13H15BrO5S/c1-8-13(19-8)7-20(15,16)6-9-4-11-12(5-10(9)14)18-3-2-17-11/h4-5,8,13H,2-3,6-7H2,1H3. The van der Waals surface area contributed by atoms with Gasteiger partial charge in [-0.3, -0.25) is 0 Å². The van der Waals surface area contributed by atoms with Crippen LogP contribution < -0.4 is 9.47 Å². The van der Waals surface area contributed by atoms with Crippen LogP contribution in [0.25, 0.3) is 0 Å². The van der Waals surface area contributed by atoms with Crippen molar-refractivity contribution in [1.82, 2.24) is 0 Å². The van der Waals surface area contributed by atoms with Gasteiger partial charge in [-0.15, -0.1) is 0 Å². The van der Waals surface area contributed by atoms with Gasteiger partial charge in [0, 0.05) is 4.47 Å². The Labute approximate surface area is 126 Å². The van der Waals surface area contributed by atoms with E-state index >= 15 is 0 Å². The molecule has 0 N–H and O–H groups in total. The van der Waals surface area contributed by atoms with E-state index in [0.29, 0.717) is 30.3 Å². The Kier molecular flexibility index (Phi) is 3.68. The number of halogens is 1. The molecular weight excluding hydrogens is 348 g/mol. The fraction of sp³-hybridized carbons (Fsp3) is 0.538. The highest BCUT2D eigenvalue weighted by molar-refractivity contribution is 9.10.